The first-order valence-electron chi connectivity index (χ1n) is 5.52. The fourth-order valence-corrected chi connectivity index (χ4v) is 2.77. The van der Waals surface area contributed by atoms with E-state index in [0.29, 0.717) is 17.1 Å². The summed E-state index contributed by atoms with van der Waals surface area (Å²) in [6, 6.07) is 2.54. The highest BCUT2D eigenvalue weighted by Crippen LogP contribution is 2.28. The van der Waals surface area contributed by atoms with Gasteiger partial charge in [0.25, 0.3) is 0 Å². The van der Waals surface area contributed by atoms with Crippen molar-refractivity contribution < 1.29 is 4.39 Å². The fraction of sp³-hybridized carbons (Fsp3) is 0.250. The molecule has 0 aliphatic rings. The number of nitrogens with one attached hydrogen (secondary N) is 2. The summed E-state index contributed by atoms with van der Waals surface area (Å²) in [5.74, 6) is -0.501. The van der Waals surface area contributed by atoms with Gasteiger partial charge in [-0.2, -0.15) is 0 Å². The number of aromatic nitrogens is 1. The van der Waals surface area contributed by atoms with Gasteiger partial charge in [-0.3, -0.25) is 4.79 Å². The molecule has 0 bridgehead atoms. The largest absolute Gasteiger partial charge is 0.315 e. The summed E-state index contributed by atoms with van der Waals surface area (Å²) in [5, 5.41) is 5.31. The zero-order valence-corrected chi connectivity index (χ0v) is 12.3. The molecule has 0 saturated carbocycles. The number of benzene rings is 1. The average Bonchev–Trinajstić information content (AvgIpc) is 2.77. The maximum absolute atomic E-state index is 13.4. The van der Waals surface area contributed by atoms with Crippen LogP contribution in [0.4, 0.5) is 4.39 Å². The molecule has 2 aromatic rings. The molecular weight excluding hydrogens is 310 g/mol. The lowest BCUT2D eigenvalue weighted by Gasteiger charge is -2.15. The van der Waals surface area contributed by atoms with Crippen LogP contribution < -0.4 is 10.2 Å². The van der Waals surface area contributed by atoms with Crippen molar-refractivity contribution in [2.24, 2.45) is 0 Å². The highest BCUT2D eigenvalue weighted by molar-refractivity contribution is 7.07. The molecule has 0 amide bonds. The molecule has 0 fully saturated rings. The van der Waals surface area contributed by atoms with E-state index in [0.717, 1.165) is 17.0 Å². The molecule has 1 heterocycles. The SMILES string of the molecule is CC(NCc1csc(=O)[nH]1)c1cc(F)c(Cl)cc1Cl. The summed E-state index contributed by atoms with van der Waals surface area (Å²) in [5.41, 5.74) is 1.41. The predicted octanol–water partition coefficient (Wildman–Crippen LogP) is 3.73. The summed E-state index contributed by atoms with van der Waals surface area (Å²) in [6.45, 7) is 2.33. The summed E-state index contributed by atoms with van der Waals surface area (Å²) >= 11 is 12.8. The van der Waals surface area contributed by atoms with Gasteiger partial charge in [-0.15, -0.1) is 0 Å². The van der Waals surface area contributed by atoms with Crippen LogP contribution in [0.3, 0.4) is 0 Å². The minimum absolute atomic E-state index is 0.00288. The van der Waals surface area contributed by atoms with Crippen molar-refractivity contribution in [2.75, 3.05) is 0 Å². The van der Waals surface area contributed by atoms with Crippen LogP contribution >= 0.6 is 34.5 Å². The Bertz CT molecular complexity index is 641. The standard InChI is InChI=1S/C12H11Cl2FN2OS/c1-6(16-4-7-5-19-12(18)17-7)8-2-11(15)10(14)3-9(8)13/h2-3,5-6,16H,4H2,1H3,(H,17,18). The molecule has 1 unspecified atom stereocenters. The number of hydrogen-bond donors (Lipinski definition) is 2. The quantitative estimate of drug-likeness (QED) is 0.843. The molecule has 102 valence electrons. The topological polar surface area (TPSA) is 44.9 Å². The summed E-state index contributed by atoms with van der Waals surface area (Å²) < 4.78 is 13.4. The van der Waals surface area contributed by atoms with Crippen LogP contribution in [0.25, 0.3) is 0 Å². The molecule has 0 aliphatic carbocycles. The van der Waals surface area contributed by atoms with Gasteiger partial charge in [-0.05, 0) is 24.6 Å². The number of aromatic amines is 1. The van der Waals surface area contributed by atoms with Crippen molar-refractivity contribution in [3.63, 3.8) is 0 Å². The highest BCUT2D eigenvalue weighted by Gasteiger charge is 2.13. The number of H-pyrrole nitrogens is 1. The van der Waals surface area contributed by atoms with Crippen molar-refractivity contribution in [2.45, 2.75) is 19.5 Å². The maximum atomic E-state index is 13.4. The lowest BCUT2D eigenvalue weighted by Crippen LogP contribution is -2.19. The summed E-state index contributed by atoms with van der Waals surface area (Å²) in [7, 11) is 0. The Kier molecular flexibility index (Phi) is 4.62. The third kappa shape index (κ3) is 3.57. The molecule has 2 N–H and O–H groups in total. The van der Waals surface area contributed by atoms with Gasteiger partial charge in [0.05, 0.1) is 5.02 Å². The van der Waals surface area contributed by atoms with E-state index in [1.807, 2.05) is 6.92 Å². The molecule has 1 atom stereocenters. The molecule has 1 aromatic heterocycles. The van der Waals surface area contributed by atoms with Crippen LogP contribution in [-0.2, 0) is 6.54 Å². The number of rotatable bonds is 4. The van der Waals surface area contributed by atoms with E-state index < -0.39 is 5.82 Å². The van der Waals surface area contributed by atoms with E-state index in [4.69, 9.17) is 23.2 Å². The molecule has 0 saturated heterocycles. The van der Waals surface area contributed by atoms with Crippen LogP contribution in [0.15, 0.2) is 22.3 Å². The number of halogens is 3. The Labute approximate surface area is 123 Å². The van der Waals surface area contributed by atoms with Gasteiger partial charge < -0.3 is 10.3 Å². The molecule has 2 rings (SSSR count). The fourth-order valence-electron chi connectivity index (χ4n) is 1.64. The van der Waals surface area contributed by atoms with Gasteiger partial charge in [0.15, 0.2) is 0 Å². The average molecular weight is 321 g/mol. The minimum Gasteiger partial charge on any atom is -0.315 e. The Morgan fingerprint density at radius 2 is 2.16 bits per heavy atom. The lowest BCUT2D eigenvalue weighted by molar-refractivity contribution is 0.560. The Hall–Kier alpha value is -0.880. The molecule has 7 heteroatoms. The van der Waals surface area contributed by atoms with Crippen molar-refractivity contribution in [3.8, 4) is 0 Å². The summed E-state index contributed by atoms with van der Waals surface area (Å²) in [4.78, 5) is 13.6. The van der Waals surface area contributed by atoms with E-state index in [-0.39, 0.29) is 15.9 Å². The minimum atomic E-state index is -0.501. The highest BCUT2D eigenvalue weighted by atomic mass is 35.5. The zero-order chi connectivity index (χ0) is 14.0. The first kappa shape index (κ1) is 14.5. The molecule has 0 aliphatic heterocycles. The monoisotopic (exact) mass is 320 g/mol. The first-order chi connectivity index (χ1) is 8.97. The zero-order valence-electron chi connectivity index (χ0n) is 9.97. The van der Waals surface area contributed by atoms with Gasteiger partial charge in [-0.25, -0.2) is 4.39 Å². The second-order valence-electron chi connectivity index (χ2n) is 4.06. The molecule has 3 nitrogen and oxygen atoms in total. The maximum Gasteiger partial charge on any atom is 0.304 e. The van der Waals surface area contributed by atoms with Crippen LogP contribution in [0, 0.1) is 5.82 Å². The van der Waals surface area contributed by atoms with E-state index >= 15 is 0 Å². The van der Waals surface area contributed by atoms with Crippen molar-refractivity contribution in [1.29, 1.82) is 0 Å². The van der Waals surface area contributed by atoms with E-state index in [2.05, 4.69) is 10.3 Å². The molecule has 0 radical (unpaired) electrons. The van der Waals surface area contributed by atoms with Gasteiger partial charge in [0, 0.05) is 28.7 Å². The van der Waals surface area contributed by atoms with Crippen LogP contribution in [0.5, 0.6) is 0 Å². The Balaban J connectivity index is 2.09. The van der Waals surface area contributed by atoms with Gasteiger partial charge >= 0.3 is 4.87 Å². The lowest BCUT2D eigenvalue weighted by atomic mass is 10.1. The smallest absolute Gasteiger partial charge is 0.304 e. The van der Waals surface area contributed by atoms with Crippen molar-refractivity contribution in [3.05, 3.63) is 54.3 Å². The molecular formula is C12H11Cl2FN2OS. The normalized spacial score (nSPS) is 12.6. The van der Waals surface area contributed by atoms with Crippen molar-refractivity contribution >= 4 is 34.5 Å². The molecule has 1 aromatic carbocycles. The number of hydrogen-bond acceptors (Lipinski definition) is 3. The van der Waals surface area contributed by atoms with Gasteiger partial charge in [0.2, 0.25) is 0 Å². The Morgan fingerprint density at radius 1 is 1.42 bits per heavy atom. The van der Waals surface area contributed by atoms with Crippen LogP contribution in [-0.4, -0.2) is 4.98 Å². The predicted molar refractivity (Wildman–Crippen MR) is 76.6 cm³/mol. The second-order valence-corrected chi connectivity index (χ2v) is 5.72. The first-order valence-corrected chi connectivity index (χ1v) is 7.15. The van der Waals surface area contributed by atoms with Crippen LogP contribution in [0.2, 0.25) is 10.0 Å². The number of thiazole rings is 1. The van der Waals surface area contributed by atoms with E-state index in [9.17, 15) is 9.18 Å². The van der Waals surface area contributed by atoms with Gasteiger partial charge in [-0.1, -0.05) is 34.5 Å². The second kappa shape index (κ2) is 6.05. The summed E-state index contributed by atoms with van der Waals surface area (Å²) in [6.07, 6.45) is 0. The molecule has 19 heavy (non-hydrogen) atoms. The van der Waals surface area contributed by atoms with E-state index in [1.165, 1.54) is 12.1 Å². The third-order valence-electron chi connectivity index (χ3n) is 2.68. The van der Waals surface area contributed by atoms with Crippen molar-refractivity contribution in [1.82, 2.24) is 10.3 Å². The third-order valence-corrected chi connectivity index (χ3v) is 4.01. The van der Waals surface area contributed by atoms with Gasteiger partial charge in [0.1, 0.15) is 5.82 Å². The van der Waals surface area contributed by atoms with Crippen LogP contribution in [0.1, 0.15) is 24.2 Å². The molecule has 0 spiro atoms. The Morgan fingerprint density at radius 3 is 2.79 bits per heavy atom. The van der Waals surface area contributed by atoms with E-state index in [1.54, 1.807) is 5.38 Å².